The molecule has 0 spiro atoms. The molecule has 164 valence electrons. The molecule has 0 aliphatic heterocycles. The number of allylic oxidation sites excluding steroid dienone is 9. The molecule has 0 heterocycles. The molecular weight excluding hydrogens is 358 g/mol. The molecule has 1 atom stereocenters. The van der Waals surface area contributed by atoms with Gasteiger partial charge in [-0.1, -0.05) is 108 Å². The van der Waals surface area contributed by atoms with Gasteiger partial charge in [-0.3, -0.25) is 4.79 Å². The van der Waals surface area contributed by atoms with Gasteiger partial charge in [-0.2, -0.15) is 0 Å². The van der Waals surface area contributed by atoms with E-state index in [9.17, 15) is 9.90 Å². The van der Waals surface area contributed by atoms with Crippen LogP contribution in [0.5, 0.6) is 0 Å². The van der Waals surface area contributed by atoms with Crippen molar-refractivity contribution < 1.29 is 9.90 Å². The lowest BCUT2D eigenvalue weighted by molar-refractivity contribution is -0.118. The molecule has 1 unspecified atom stereocenters. The van der Waals surface area contributed by atoms with Gasteiger partial charge >= 0.3 is 0 Å². The minimum absolute atomic E-state index is 0.158. The Morgan fingerprint density at radius 2 is 1.38 bits per heavy atom. The maximum absolute atomic E-state index is 12.0. The lowest BCUT2D eigenvalue weighted by Crippen LogP contribution is -2.42. The summed E-state index contributed by atoms with van der Waals surface area (Å²) in [5.74, 6) is -0.158. The molecule has 3 nitrogen and oxygen atoms in total. The highest BCUT2D eigenvalue weighted by atomic mass is 16.3. The first-order chi connectivity index (χ1) is 14.1. The Labute approximate surface area is 179 Å². The van der Waals surface area contributed by atoms with Crippen LogP contribution in [0.25, 0.3) is 0 Å². The Morgan fingerprint density at radius 1 is 0.793 bits per heavy atom. The summed E-state index contributed by atoms with van der Waals surface area (Å²) in [6, 6.07) is 0. The van der Waals surface area contributed by atoms with Crippen molar-refractivity contribution in [1.29, 1.82) is 0 Å². The third-order valence-corrected chi connectivity index (χ3v) is 4.67. The van der Waals surface area contributed by atoms with E-state index in [4.69, 9.17) is 0 Å². The van der Waals surface area contributed by atoms with Crippen molar-refractivity contribution in [2.24, 2.45) is 0 Å². The first kappa shape index (κ1) is 27.1. The minimum atomic E-state index is -0.784. The zero-order valence-electron chi connectivity index (χ0n) is 18.9. The van der Waals surface area contributed by atoms with E-state index in [0.717, 1.165) is 64.2 Å². The van der Waals surface area contributed by atoms with Crippen molar-refractivity contribution in [3.05, 3.63) is 60.8 Å². The summed E-state index contributed by atoms with van der Waals surface area (Å²) in [7, 11) is 0. The Bertz CT molecular complexity index is 543. The molecule has 29 heavy (non-hydrogen) atoms. The van der Waals surface area contributed by atoms with Crippen LogP contribution in [0, 0.1) is 0 Å². The minimum Gasteiger partial charge on any atom is -0.388 e. The number of aliphatic hydroxyl groups is 1. The van der Waals surface area contributed by atoms with Crippen molar-refractivity contribution in [3.8, 4) is 0 Å². The van der Waals surface area contributed by atoms with Gasteiger partial charge in [-0.05, 0) is 32.1 Å². The number of hydrogen-bond donors (Lipinski definition) is 2. The fraction of sp³-hybridized carbons (Fsp3) is 0.577. The number of carbonyl (C=O) groups is 1. The van der Waals surface area contributed by atoms with Gasteiger partial charge in [0, 0.05) is 12.6 Å². The van der Waals surface area contributed by atoms with Crippen LogP contribution >= 0.6 is 0 Å². The van der Waals surface area contributed by atoms with Crippen molar-refractivity contribution in [1.82, 2.24) is 5.32 Å². The maximum Gasteiger partial charge on any atom is 0.244 e. The third-order valence-electron chi connectivity index (χ3n) is 4.67. The number of nitrogens with one attached hydrogen (secondary N) is 1. The third kappa shape index (κ3) is 17.9. The molecule has 0 aliphatic rings. The first-order valence-corrected chi connectivity index (χ1v) is 11.4. The van der Waals surface area contributed by atoms with Gasteiger partial charge in [-0.25, -0.2) is 0 Å². The second-order valence-electron chi connectivity index (χ2n) is 7.52. The summed E-state index contributed by atoms with van der Waals surface area (Å²) in [4.78, 5) is 12.0. The van der Waals surface area contributed by atoms with E-state index in [1.165, 1.54) is 6.08 Å². The van der Waals surface area contributed by atoms with Crippen molar-refractivity contribution in [2.45, 2.75) is 90.6 Å². The highest BCUT2D eigenvalue weighted by molar-refractivity contribution is 5.87. The van der Waals surface area contributed by atoms with Gasteiger partial charge < -0.3 is 10.4 Å². The molecule has 0 saturated heterocycles. The molecule has 0 aliphatic carbocycles. The monoisotopic (exact) mass is 401 g/mol. The van der Waals surface area contributed by atoms with Crippen LogP contribution in [-0.4, -0.2) is 23.2 Å². The average Bonchev–Trinajstić information content (AvgIpc) is 2.72. The van der Waals surface area contributed by atoms with Gasteiger partial charge in [0.2, 0.25) is 5.91 Å². The SMILES string of the molecule is CCC=CC=CCCC=CC=CC=CC(=O)NCC(O)(CCCC)CCCCC. The highest BCUT2D eigenvalue weighted by Gasteiger charge is 2.25. The number of amides is 1. The average molecular weight is 402 g/mol. The van der Waals surface area contributed by atoms with Gasteiger partial charge in [0.05, 0.1) is 5.60 Å². The van der Waals surface area contributed by atoms with Crippen LogP contribution in [0.4, 0.5) is 0 Å². The van der Waals surface area contributed by atoms with E-state index in [2.05, 4.69) is 56.5 Å². The number of unbranched alkanes of at least 4 members (excludes halogenated alkanes) is 4. The quantitative estimate of drug-likeness (QED) is 0.164. The summed E-state index contributed by atoms with van der Waals surface area (Å²) in [6.45, 7) is 6.73. The fourth-order valence-corrected chi connectivity index (χ4v) is 2.85. The van der Waals surface area contributed by atoms with E-state index in [-0.39, 0.29) is 5.91 Å². The lowest BCUT2D eigenvalue weighted by atomic mass is 9.90. The van der Waals surface area contributed by atoms with Crippen LogP contribution in [-0.2, 0) is 4.79 Å². The summed E-state index contributed by atoms with van der Waals surface area (Å²) < 4.78 is 0. The predicted octanol–water partition coefficient (Wildman–Crippen LogP) is 6.58. The number of hydrogen-bond acceptors (Lipinski definition) is 2. The molecule has 0 radical (unpaired) electrons. The van der Waals surface area contributed by atoms with E-state index in [1.54, 1.807) is 6.08 Å². The molecular formula is C26H43NO2. The van der Waals surface area contributed by atoms with E-state index in [1.807, 2.05) is 18.2 Å². The van der Waals surface area contributed by atoms with E-state index in [0.29, 0.717) is 6.54 Å². The molecule has 0 fully saturated rings. The summed E-state index contributed by atoms with van der Waals surface area (Å²) in [5, 5.41) is 13.7. The van der Waals surface area contributed by atoms with Crippen LogP contribution in [0.3, 0.4) is 0 Å². The molecule has 0 aromatic carbocycles. The molecule has 0 bridgehead atoms. The summed E-state index contributed by atoms with van der Waals surface area (Å²) in [6.07, 6.45) is 29.5. The van der Waals surface area contributed by atoms with Crippen LogP contribution in [0.1, 0.15) is 85.0 Å². The maximum atomic E-state index is 12.0. The largest absolute Gasteiger partial charge is 0.388 e. The topological polar surface area (TPSA) is 49.3 Å². The molecule has 0 aromatic heterocycles. The second-order valence-corrected chi connectivity index (χ2v) is 7.52. The van der Waals surface area contributed by atoms with E-state index >= 15 is 0 Å². The van der Waals surface area contributed by atoms with Crippen LogP contribution in [0.2, 0.25) is 0 Å². The van der Waals surface area contributed by atoms with Crippen LogP contribution in [0.15, 0.2) is 60.8 Å². The zero-order chi connectivity index (χ0) is 21.6. The Balaban J connectivity index is 4.17. The summed E-state index contributed by atoms with van der Waals surface area (Å²) >= 11 is 0. The molecule has 3 heteroatoms. The zero-order valence-corrected chi connectivity index (χ0v) is 18.9. The normalized spacial score (nSPS) is 14.8. The fourth-order valence-electron chi connectivity index (χ4n) is 2.85. The van der Waals surface area contributed by atoms with E-state index < -0.39 is 5.60 Å². The Kier molecular flexibility index (Phi) is 18.2. The Morgan fingerprint density at radius 3 is 2.03 bits per heavy atom. The van der Waals surface area contributed by atoms with Gasteiger partial charge in [0.25, 0.3) is 0 Å². The molecule has 1 amide bonds. The first-order valence-electron chi connectivity index (χ1n) is 11.4. The van der Waals surface area contributed by atoms with Gasteiger partial charge in [0.15, 0.2) is 0 Å². The van der Waals surface area contributed by atoms with Gasteiger partial charge in [0.1, 0.15) is 0 Å². The van der Waals surface area contributed by atoms with Crippen molar-refractivity contribution in [3.63, 3.8) is 0 Å². The summed E-state index contributed by atoms with van der Waals surface area (Å²) in [5.41, 5.74) is -0.784. The second kappa shape index (κ2) is 19.4. The van der Waals surface area contributed by atoms with Crippen molar-refractivity contribution >= 4 is 5.91 Å². The van der Waals surface area contributed by atoms with Crippen molar-refractivity contribution in [2.75, 3.05) is 6.54 Å². The predicted molar refractivity (Wildman–Crippen MR) is 127 cm³/mol. The van der Waals surface area contributed by atoms with Gasteiger partial charge in [-0.15, -0.1) is 0 Å². The molecule has 0 aromatic rings. The molecule has 0 rings (SSSR count). The number of carbonyl (C=O) groups excluding carboxylic acids is 1. The van der Waals surface area contributed by atoms with Crippen LogP contribution < -0.4 is 5.32 Å². The lowest BCUT2D eigenvalue weighted by Gasteiger charge is -2.28. The number of rotatable bonds is 17. The smallest absolute Gasteiger partial charge is 0.244 e. The molecule has 2 N–H and O–H groups in total. The molecule has 0 saturated carbocycles. The highest BCUT2D eigenvalue weighted by Crippen LogP contribution is 2.21. The Hall–Kier alpha value is -1.87. The standard InChI is InChI=1S/C26H43NO2/c1-4-7-10-11-12-13-14-15-16-17-18-19-21-25(28)27-24-26(29,22-9-6-3)23-20-8-5-2/h7,10-12,15-19,21,29H,4-6,8-9,13-14,20,22-24H2,1-3H3,(H,27,28).